The van der Waals surface area contributed by atoms with E-state index in [1.807, 2.05) is 0 Å². The Morgan fingerprint density at radius 1 is 0.871 bits per heavy atom. The van der Waals surface area contributed by atoms with Gasteiger partial charge in [0.05, 0.1) is 7.11 Å². The lowest BCUT2D eigenvalue weighted by Gasteiger charge is -2.16. The van der Waals surface area contributed by atoms with E-state index in [1.165, 1.54) is 25.3 Å². The van der Waals surface area contributed by atoms with Crippen LogP contribution < -0.4 is 14.2 Å². The van der Waals surface area contributed by atoms with Gasteiger partial charge in [-0.3, -0.25) is 4.79 Å². The molecule has 162 valence electrons. The van der Waals surface area contributed by atoms with E-state index < -0.39 is 34.6 Å². The van der Waals surface area contributed by atoms with Crippen LogP contribution in [0.3, 0.4) is 0 Å². The van der Waals surface area contributed by atoms with Gasteiger partial charge in [-0.1, -0.05) is 12.1 Å². The van der Waals surface area contributed by atoms with Gasteiger partial charge in [-0.25, -0.2) is 8.78 Å². The smallest absolute Gasteiger partial charge is 0.493 e. The van der Waals surface area contributed by atoms with Crippen molar-refractivity contribution in [2.24, 2.45) is 0 Å². The Hall–Kier alpha value is -3.33. The van der Waals surface area contributed by atoms with E-state index in [4.69, 9.17) is 21.1 Å². The monoisotopic (exact) mass is 458 g/mol. The summed E-state index contributed by atoms with van der Waals surface area (Å²) in [4.78, 5) is 11.8. The van der Waals surface area contributed by atoms with Crippen molar-refractivity contribution in [2.45, 2.75) is 6.36 Å². The van der Waals surface area contributed by atoms with Crippen LogP contribution in [0.2, 0.25) is 0 Å². The maximum Gasteiger partial charge on any atom is 0.573 e. The maximum absolute atomic E-state index is 14.6. The van der Waals surface area contributed by atoms with Gasteiger partial charge in [0.15, 0.2) is 11.5 Å². The van der Waals surface area contributed by atoms with Crippen molar-refractivity contribution in [3.8, 4) is 34.1 Å². The number of hydrogen-bond acceptors (Lipinski definition) is 4. The molecule has 3 rings (SSSR count). The fraction of sp³-hybridized carbons (Fsp3) is 0.0952. The number of halogens is 6. The lowest BCUT2D eigenvalue weighted by molar-refractivity contribution is -0.274. The van der Waals surface area contributed by atoms with Gasteiger partial charge in [-0.05, 0) is 59.1 Å². The molecule has 3 aromatic rings. The summed E-state index contributed by atoms with van der Waals surface area (Å²) in [6, 6.07) is 10.4. The third kappa shape index (κ3) is 5.43. The van der Waals surface area contributed by atoms with Crippen LogP contribution in [0.1, 0.15) is 10.4 Å². The van der Waals surface area contributed by atoms with Gasteiger partial charge >= 0.3 is 6.36 Å². The van der Waals surface area contributed by atoms with Crippen LogP contribution in [0.15, 0.2) is 54.6 Å². The minimum Gasteiger partial charge on any atom is -0.493 e. The quantitative estimate of drug-likeness (QED) is 0.304. The molecule has 0 radical (unpaired) electrons. The standard InChI is InChI=1S/C21H12ClF5O4/c1-29-17-10-14(31-21(25,26)27)6-7-16(17)30-18-9-12(8-15(24)19(18)20(22)28)11-2-4-13(23)5-3-11/h2-10H,1H3. The van der Waals surface area contributed by atoms with Gasteiger partial charge in [0.1, 0.15) is 28.7 Å². The first-order valence-corrected chi connectivity index (χ1v) is 8.86. The van der Waals surface area contributed by atoms with E-state index in [2.05, 4.69) is 4.74 Å². The van der Waals surface area contributed by atoms with Gasteiger partial charge in [0.25, 0.3) is 5.24 Å². The topological polar surface area (TPSA) is 44.8 Å². The Balaban J connectivity index is 2.05. The maximum atomic E-state index is 14.6. The largest absolute Gasteiger partial charge is 0.573 e. The molecule has 0 aromatic heterocycles. The molecule has 0 bridgehead atoms. The number of methoxy groups -OCH3 is 1. The second kappa shape index (κ2) is 8.81. The number of hydrogen-bond donors (Lipinski definition) is 0. The summed E-state index contributed by atoms with van der Waals surface area (Å²) >= 11 is 5.49. The average molecular weight is 459 g/mol. The molecule has 0 heterocycles. The molecule has 3 aromatic carbocycles. The Bertz CT molecular complexity index is 1110. The summed E-state index contributed by atoms with van der Waals surface area (Å²) in [6.07, 6.45) is -4.92. The number of benzene rings is 3. The molecule has 0 atom stereocenters. The van der Waals surface area contributed by atoms with Crippen molar-refractivity contribution < 1.29 is 41.0 Å². The van der Waals surface area contributed by atoms with E-state index in [9.17, 15) is 26.7 Å². The lowest BCUT2D eigenvalue weighted by Crippen LogP contribution is -2.17. The minimum absolute atomic E-state index is 0.133. The van der Waals surface area contributed by atoms with Crippen LogP contribution in [0.4, 0.5) is 22.0 Å². The normalized spacial score (nSPS) is 11.2. The lowest BCUT2D eigenvalue weighted by atomic mass is 10.0. The van der Waals surface area contributed by atoms with Crippen molar-refractivity contribution in [1.82, 2.24) is 0 Å². The molecule has 0 unspecified atom stereocenters. The summed E-state index contributed by atoms with van der Waals surface area (Å²) in [5.41, 5.74) is 0.0648. The zero-order valence-corrected chi connectivity index (χ0v) is 16.4. The Kier molecular flexibility index (Phi) is 6.35. The first kappa shape index (κ1) is 22.4. The Labute approximate surface area is 177 Å². The molecule has 0 amide bonds. The molecule has 0 aliphatic carbocycles. The SMILES string of the molecule is COc1cc(OC(F)(F)F)ccc1Oc1cc(-c2ccc(F)cc2)cc(F)c1C(=O)Cl. The summed E-state index contributed by atoms with van der Waals surface area (Å²) in [5.74, 6) is -2.71. The van der Waals surface area contributed by atoms with Crippen LogP contribution in [-0.2, 0) is 0 Å². The summed E-state index contributed by atoms with van der Waals surface area (Å²) in [7, 11) is 1.17. The molecule has 0 saturated carbocycles. The van der Waals surface area contributed by atoms with Gasteiger partial charge in [0, 0.05) is 6.07 Å². The molecular formula is C21H12ClF5O4. The third-order valence-electron chi connectivity index (χ3n) is 4.02. The van der Waals surface area contributed by atoms with Crippen molar-refractivity contribution in [2.75, 3.05) is 7.11 Å². The number of ether oxygens (including phenoxy) is 3. The molecule has 0 fully saturated rings. The van der Waals surface area contributed by atoms with Crippen molar-refractivity contribution in [3.05, 3.63) is 71.8 Å². The van der Waals surface area contributed by atoms with Crippen molar-refractivity contribution in [3.63, 3.8) is 0 Å². The Morgan fingerprint density at radius 2 is 1.55 bits per heavy atom. The highest BCUT2D eigenvalue weighted by Crippen LogP contribution is 2.39. The van der Waals surface area contributed by atoms with E-state index >= 15 is 0 Å². The highest BCUT2D eigenvalue weighted by Gasteiger charge is 2.31. The van der Waals surface area contributed by atoms with Crippen LogP contribution in [0.25, 0.3) is 11.1 Å². The number of alkyl halides is 3. The van der Waals surface area contributed by atoms with Gasteiger partial charge < -0.3 is 14.2 Å². The van der Waals surface area contributed by atoms with Gasteiger partial charge in [-0.15, -0.1) is 13.2 Å². The van der Waals surface area contributed by atoms with Gasteiger partial charge in [-0.2, -0.15) is 0 Å². The Morgan fingerprint density at radius 3 is 2.13 bits per heavy atom. The summed E-state index contributed by atoms with van der Waals surface area (Å²) in [6.45, 7) is 0. The first-order valence-electron chi connectivity index (χ1n) is 8.48. The molecule has 0 aliphatic rings. The molecule has 4 nitrogen and oxygen atoms in total. The molecule has 0 spiro atoms. The van der Waals surface area contributed by atoms with Crippen LogP contribution >= 0.6 is 11.6 Å². The van der Waals surface area contributed by atoms with Crippen LogP contribution in [0, 0.1) is 11.6 Å². The second-order valence-corrected chi connectivity index (χ2v) is 6.42. The summed E-state index contributed by atoms with van der Waals surface area (Å²) in [5, 5.41) is -1.16. The molecule has 10 heteroatoms. The zero-order valence-electron chi connectivity index (χ0n) is 15.6. The minimum atomic E-state index is -4.92. The van der Waals surface area contributed by atoms with E-state index in [1.54, 1.807) is 0 Å². The number of rotatable bonds is 6. The zero-order chi connectivity index (χ0) is 22.8. The molecular weight excluding hydrogens is 447 g/mol. The fourth-order valence-corrected chi connectivity index (χ4v) is 2.89. The molecule has 0 aliphatic heterocycles. The van der Waals surface area contributed by atoms with Crippen LogP contribution in [-0.4, -0.2) is 18.7 Å². The molecule has 0 N–H and O–H groups in total. The molecule has 0 saturated heterocycles. The van der Waals surface area contributed by atoms with Crippen LogP contribution in [0.5, 0.6) is 23.0 Å². The number of carbonyl (C=O) groups is 1. The molecule has 31 heavy (non-hydrogen) atoms. The van der Waals surface area contributed by atoms with Gasteiger partial charge in [0.2, 0.25) is 0 Å². The van der Waals surface area contributed by atoms with E-state index in [0.717, 1.165) is 36.4 Å². The average Bonchev–Trinajstić information content (AvgIpc) is 2.67. The number of carbonyl (C=O) groups excluding carboxylic acids is 1. The highest BCUT2D eigenvalue weighted by atomic mass is 35.5. The van der Waals surface area contributed by atoms with E-state index in [0.29, 0.717) is 5.56 Å². The first-order chi connectivity index (χ1) is 14.6. The predicted octanol–water partition coefficient (Wildman–Crippen LogP) is 6.71. The van der Waals surface area contributed by atoms with E-state index in [-0.39, 0.29) is 22.8 Å². The predicted molar refractivity (Wildman–Crippen MR) is 102 cm³/mol. The summed E-state index contributed by atoms with van der Waals surface area (Å²) < 4.78 is 79.5. The second-order valence-electron chi connectivity index (χ2n) is 6.07. The third-order valence-corrected chi connectivity index (χ3v) is 4.21. The fourth-order valence-electron chi connectivity index (χ4n) is 2.71. The highest BCUT2D eigenvalue weighted by molar-refractivity contribution is 6.68. The van der Waals surface area contributed by atoms with Crippen molar-refractivity contribution in [1.29, 1.82) is 0 Å². The van der Waals surface area contributed by atoms with Crippen molar-refractivity contribution >= 4 is 16.8 Å².